The third kappa shape index (κ3) is 4.39. The highest BCUT2D eigenvalue weighted by molar-refractivity contribution is 7.80. The van der Waals surface area contributed by atoms with E-state index >= 15 is 0 Å². The monoisotopic (exact) mass is 425 g/mol. The minimum absolute atomic E-state index is 0.000799. The highest BCUT2D eigenvalue weighted by Crippen LogP contribution is 2.29. The molecule has 1 N–H and O–H groups in total. The van der Waals surface area contributed by atoms with Gasteiger partial charge in [0.25, 0.3) is 11.8 Å². The molecule has 1 fully saturated rings. The van der Waals surface area contributed by atoms with Crippen molar-refractivity contribution < 1.29 is 9.59 Å². The lowest BCUT2D eigenvalue weighted by Gasteiger charge is -2.30. The van der Waals surface area contributed by atoms with Crippen molar-refractivity contribution in [1.29, 1.82) is 0 Å². The molecule has 1 heterocycles. The quantitative estimate of drug-likeness (QED) is 0.455. The summed E-state index contributed by atoms with van der Waals surface area (Å²) in [5, 5.41) is 3.12. The predicted molar refractivity (Wildman–Crippen MR) is 122 cm³/mol. The third-order valence-corrected chi connectivity index (χ3v) is 5.24. The minimum Gasteiger partial charge on any atom is -0.378 e. The maximum atomic E-state index is 13.0. The molecule has 7 heteroatoms. The van der Waals surface area contributed by atoms with Gasteiger partial charge in [0.05, 0.1) is 5.69 Å². The van der Waals surface area contributed by atoms with Crippen molar-refractivity contribution in [2.75, 3.05) is 23.9 Å². The number of nitrogens with zero attached hydrogens (tertiary/aromatic N) is 2. The lowest BCUT2D eigenvalue weighted by atomic mass is 10.1. The van der Waals surface area contributed by atoms with Gasteiger partial charge in [-0.15, -0.1) is 0 Å². The zero-order valence-electron chi connectivity index (χ0n) is 16.3. The smallest absolute Gasteiger partial charge is 0.270 e. The van der Waals surface area contributed by atoms with Crippen molar-refractivity contribution in [1.82, 2.24) is 5.32 Å². The highest BCUT2D eigenvalue weighted by Gasteiger charge is 2.34. The van der Waals surface area contributed by atoms with Crippen LogP contribution in [0, 0.1) is 6.92 Å². The second-order valence-electron chi connectivity index (χ2n) is 6.71. The van der Waals surface area contributed by atoms with Gasteiger partial charge in [-0.05, 0) is 60.6 Å². The van der Waals surface area contributed by atoms with Gasteiger partial charge in [0.15, 0.2) is 5.11 Å². The van der Waals surface area contributed by atoms with Crippen molar-refractivity contribution in [2.45, 2.75) is 6.92 Å². The van der Waals surface area contributed by atoms with Crippen molar-refractivity contribution in [3.05, 3.63) is 76.3 Å². The minimum atomic E-state index is -0.525. The first-order valence-corrected chi connectivity index (χ1v) is 9.69. The molecule has 0 bridgehead atoms. The predicted octanol–water partition coefficient (Wildman–Crippen LogP) is 4.10. The largest absolute Gasteiger partial charge is 0.378 e. The van der Waals surface area contributed by atoms with Gasteiger partial charge in [0, 0.05) is 24.8 Å². The highest BCUT2D eigenvalue weighted by atomic mass is 35.5. The van der Waals surface area contributed by atoms with E-state index in [-0.39, 0.29) is 10.7 Å². The summed E-state index contributed by atoms with van der Waals surface area (Å²) in [6, 6.07) is 13.1. The summed E-state index contributed by atoms with van der Waals surface area (Å²) in [4.78, 5) is 28.6. The van der Waals surface area contributed by atoms with E-state index in [1.54, 1.807) is 31.2 Å². The van der Waals surface area contributed by atoms with Crippen LogP contribution in [-0.2, 0) is 9.59 Å². The fourth-order valence-corrected chi connectivity index (χ4v) is 3.32. The van der Waals surface area contributed by atoms with E-state index in [1.165, 1.54) is 11.0 Å². The molecule has 2 aromatic carbocycles. The van der Waals surface area contributed by atoms with Crippen LogP contribution in [0.5, 0.6) is 0 Å². The zero-order chi connectivity index (χ0) is 21.1. The summed E-state index contributed by atoms with van der Waals surface area (Å²) in [6.45, 7) is 1.80. The molecule has 0 radical (unpaired) electrons. The van der Waals surface area contributed by atoms with Gasteiger partial charge < -0.3 is 4.90 Å². The van der Waals surface area contributed by atoms with Crippen LogP contribution < -0.4 is 15.1 Å². The number of hydrogen-bond acceptors (Lipinski definition) is 4. The number of hydrogen-bond donors (Lipinski definition) is 1. The molecule has 2 amide bonds. The van der Waals surface area contributed by atoms with Gasteiger partial charge in [-0.25, -0.2) is 0 Å². The molecular weight excluding hydrogens is 406 g/mol. The van der Waals surface area contributed by atoms with Crippen LogP contribution in [0.4, 0.5) is 11.4 Å². The molecule has 5 nitrogen and oxygen atoms in total. The number of carbonyl (C=O) groups is 2. The number of nitrogens with one attached hydrogen (secondary N) is 1. The van der Waals surface area contributed by atoms with Gasteiger partial charge in [-0.2, -0.15) is 0 Å². The number of benzene rings is 2. The van der Waals surface area contributed by atoms with Crippen molar-refractivity contribution in [3.8, 4) is 0 Å². The van der Waals surface area contributed by atoms with E-state index in [2.05, 4.69) is 5.32 Å². The Morgan fingerprint density at radius 2 is 1.79 bits per heavy atom. The van der Waals surface area contributed by atoms with Crippen molar-refractivity contribution in [3.63, 3.8) is 0 Å². The summed E-state index contributed by atoms with van der Waals surface area (Å²) in [7, 11) is 3.95. The van der Waals surface area contributed by atoms with Gasteiger partial charge in [-0.3, -0.25) is 19.8 Å². The van der Waals surface area contributed by atoms with Crippen molar-refractivity contribution >= 4 is 58.2 Å². The van der Waals surface area contributed by atoms with E-state index in [0.717, 1.165) is 11.3 Å². The Bertz CT molecular complexity index is 1040. The topological polar surface area (TPSA) is 52.7 Å². The van der Waals surface area contributed by atoms with Gasteiger partial charge in [0.1, 0.15) is 5.57 Å². The standard InChI is InChI=1S/C22H20ClN3O2S/c1-14-18(23)8-5-9-19(14)26-21(28)17(20(27)24-22(26)29)7-4-6-15-10-12-16(13-11-15)25(2)3/h4-13H,1-3H3,(H,24,27,29)/b6-4+,17-7+. The zero-order valence-corrected chi connectivity index (χ0v) is 17.8. The second-order valence-corrected chi connectivity index (χ2v) is 7.50. The van der Waals surface area contributed by atoms with E-state index in [1.807, 2.05) is 49.3 Å². The number of halogens is 1. The Hall–Kier alpha value is -2.96. The third-order valence-electron chi connectivity index (χ3n) is 4.54. The molecule has 29 heavy (non-hydrogen) atoms. The van der Waals surface area contributed by atoms with Crippen LogP contribution in [0.25, 0.3) is 6.08 Å². The van der Waals surface area contributed by atoms with Crippen LogP contribution in [0.3, 0.4) is 0 Å². The van der Waals surface area contributed by atoms with E-state index in [0.29, 0.717) is 16.3 Å². The maximum absolute atomic E-state index is 13.0. The number of allylic oxidation sites excluding steroid dienone is 2. The molecule has 2 aromatic rings. The molecule has 148 valence electrons. The molecular formula is C22H20ClN3O2S. The fraction of sp³-hybridized carbons (Fsp3) is 0.136. The Balaban J connectivity index is 1.88. The van der Waals surface area contributed by atoms with Crippen LogP contribution in [0.2, 0.25) is 5.02 Å². The maximum Gasteiger partial charge on any atom is 0.270 e. The van der Waals surface area contributed by atoms with E-state index in [9.17, 15) is 9.59 Å². The molecule has 0 aromatic heterocycles. The van der Waals surface area contributed by atoms with Gasteiger partial charge in [0.2, 0.25) is 0 Å². The Labute approximate surface area is 180 Å². The number of amides is 2. The number of carbonyl (C=O) groups excluding carboxylic acids is 2. The SMILES string of the molecule is Cc1c(Cl)cccc1N1C(=O)/C(=C/C=C/c2ccc(N(C)C)cc2)C(=O)NC1=S. The van der Waals surface area contributed by atoms with Crippen LogP contribution in [-0.4, -0.2) is 31.0 Å². The first-order chi connectivity index (χ1) is 13.8. The molecule has 1 aliphatic heterocycles. The van der Waals surface area contributed by atoms with Crippen LogP contribution in [0.1, 0.15) is 11.1 Å². The van der Waals surface area contributed by atoms with Crippen LogP contribution >= 0.6 is 23.8 Å². The lowest BCUT2D eigenvalue weighted by Crippen LogP contribution is -2.54. The van der Waals surface area contributed by atoms with E-state index < -0.39 is 11.8 Å². The summed E-state index contributed by atoms with van der Waals surface area (Å²) in [5.41, 5.74) is 3.29. The molecule has 0 unspecified atom stereocenters. The summed E-state index contributed by atoms with van der Waals surface area (Å²) in [5.74, 6) is -1.01. The molecule has 1 saturated heterocycles. The molecule has 0 aliphatic carbocycles. The van der Waals surface area contributed by atoms with Crippen LogP contribution in [0.15, 0.2) is 60.2 Å². The normalized spacial score (nSPS) is 15.9. The summed E-state index contributed by atoms with van der Waals surface area (Å²) < 4.78 is 0. The van der Waals surface area contributed by atoms with Crippen molar-refractivity contribution in [2.24, 2.45) is 0 Å². The summed E-state index contributed by atoms with van der Waals surface area (Å²) in [6.07, 6.45) is 5.00. The number of rotatable bonds is 4. The Kier molecular flexibility index (Phi) is 6.15. The summed E-state index contributed by atoms with van der Waals surface area (Å²) >= 11 is 11.4. The molecule has 0 saturated carbocycles. The first-order valence-electron chi connectivity index (χ1n) is 8.90. The number of thiocarbonyl (C=S) groups is 1. The fourth-order valence-electron chi connectivity index (χ4n) is 2.87. The second kappa shape index (κ2) is 8.59. The molecule has 3 rings (SSSR count). The van der Waals surface area contributed by atoms with E-state index in [4.69, 9.17) is 23.8 Å². The number of anilines is 2. The molecule has 0 spiro atoms. The van der Waals surface area contributed by atoms with Gasteiger partial charge >= 0.3 is 0 Å². The average Bonchev–Trinajstić information content (AvgIpc) is 2.68. The Morgan fingerprint density at radius 3 is 2.45 bits per heavy atom. The average molecular weight is 426 g/mol. The molecule has 1 aliphatic rings. The van der Waals surface area contributed by atoms with Gasteiger partial charge in [-0.1, -0.05) is 42.0 Å². The first kappa shape index (κ1) is 20.8. The lowest BCUT2D eigenvalue weighted by molar-refractivity contribution is -0.122. The molecule has 0 atom stereocenters. The Morgan fingerprint density at radius 1 is 1.10 bits per heavy atom.